The van der Waals surface area contributed by atoms with Crippen LogP contribution in [0.3, 0.4) is 0 Å². The minimum Gasteiger partial charge on any atom is -0.496 e. The first-order valence-corrected chi connectivity index (χ1v) is 8.57. The lowest BCUT2D eigenvalue weighted by Crippen LogP contribution is -2.38. The number of carbonyl (C=O) groups is 1. The van der Waals surface area contributed by atoms with Gasteiger partial charge in [0.15, 0.2) is 0 Å². The summed E-state index contributed by atoms with van der Waals surface area (Å²) in [5, 5.41) is 0. The van der Waals surface area contributed by atoms with Crippen LogP contribution in [0, 0.1) is 0 Å². The van der Waals surface area contributed by atoms with Crippen molar-refractivity contribution < 1.29 is 9.53 Å². The number of carbonyl (C=O) groups excluding carboxylic acids is 1. The quantitative estimate of drug-likeness (QED) is 0.767. The molecular weight excluding hydrogens is 330 g/mol. The molecule has 0 N–H and O–H groups in total. The molecule has 1 saturated carbocycles. The lowest BCUT2D eigenvalue weighted by Gasteiger charge is -2.27. The van der Waals surface area contributed by atoms with E-state index in [0.29, 0.717) is 12.5 Å². The maximum absolute atomic E-state index is 12.4. The third-order valence-corrected chi connectivity index (χ3v) is 4.89. The molecule has 0 aromatic heterocycles. The van der Waals surface area contributed by atoms with Crippen LogP contribution in [0.5, 0.6) is 5.75 Å². The maximum atomic E-state index is 12.4. The average Bonchev–Trinajstić information content (AvgIpc) is 3.00. The number of amides is 1. The van der Waals surface area contributed by atoms with Crippen LogP contribution < -0.4 is 4.74 Å². The van der Waals surface area contributed by atoms with E-state index >= 15 is 0 Å². The van der Waals surface area contributed by atoms with Crippen LogP contribution in [-0.4, -0.2) is 30.5 Å². The Morgan fingerprint density at radius 1 is 1.38 bits per heavy atom. The summed E-state index contributed by atoms with van der Waals surface area (Å²) in [4.78, 5) is 14.5. The second kappa shape index (κ2) is 7.83. The van der Waals surface area contributed by atoms with E-state index in [1.54, 1.807) is 7.11 Å². The average molecular weight is 354 g/mol. The van der Waals surface area contributed by atoms with E-state index in [2.05, 4.69) is 27.8 Å². The fraction of sp³-hybridized carbons (Fsp3) is 0.588. The summed E-state index contributed by atoms with van der Waals surface area (Å²) in [5.41, 5.74) is 1.17. The first-order valence-electron chi connectivity index (χ1n) is 7.77. The van der Waals surface area contributed by atoms with Crippen LogP contribution in [0.25, 0.3) is 0 Å². The van der Waals surface area contributed by atoms with Gasteiger partial charge in [-0.25, -0.2) is 0 Å². The predicted octanol–water partition coefficient (Wildman–Crippen LogP) is 4.18. The molecule has 0 atom stereocenters. The van der Waals surface area contributed by atoms with Gasteiger partial charge >= 0.3 is 0 Å². The molecule has 0 heterocycles. The van der Waals surface area contributed by atoms with Crippen LogP contribution in [0.1, 0.15) is 44.6 Å². The van der Waals surface area contributed by atoms with E-state index in [4.69, 9.17) is 4.74 Å². The Morgan fingerprint density at radius 3 is 2.67 bits per heavy atom. The molecule has 0 aliphatic heterocycles. The van der Waals surface area contributed by atoms with E-state index in [0.717, 1.165) is 23.2 Å². The van der Waals surface area contributed by atoms with Crippen LogP contribution in [0.2, 0.25) is 0 Å². The van der Waals surface area contributed by atoms with Crippen molar-refractivity contribution in [2.24, 2.45) is 0 Å². The molecule has 21 heavy (non-hydrogen) atoms. The number of hydrogen-bond acceptors (Lipinski definition) is 2. The third kappa shape index (κ3) is 4.22. The van der Waals surface area contributed by atoms with E-state index < -0.39 is 0 Å². The summed E-state index contributed by atoms with van der Waals surface area (Å²) in [7, 11) is 1.66. The molecule has 1 aliphatic carbocycles. The monoisotopic (exact) mass is 353 g/mol. The Hall–Kier alpha value is -1.03. The highest BCUT2D eigenvalue weighted by Gasteiger charge is 2.24. The van der Waals surface area contributed by atoms with Crippen LogP contribution in [0.15, 0.2) is 22.7 Å². The lowest BCUT2D eigenvalue weighted by molar-refractivity contribution is -0.133. The molecular formula is C17H24BrNO2. The highest BCUT2D eigenvalue weighted by atomic mass is 79.9. The summed E-state index contributed by atoms with van der Waals surface area (Å²) in [5.74, 6) is 1.11. The SMILES string of the molecule is CCN(C(=O)CCc1ccc(OC)c(Br)c1)C1CCCC1. The van der Waals surface area contributed by atoms with Crippen LogP contribution >= 0.6 is 15.9 Å². The van der Waals surface area contributed by atoms with Gasteiger partial charge in [-0.1, -0.05) is 18.9 Å². The minimum absolute atomic E-state index is 0.288. The van der Waals surface area contributed by atoms with Crippen LogP contribution in [-0.2, 0) is 11.2 Å². The van der Waals surface area contributed by atoms with Crippen molar-refractivity contribution in [3.8, 4) is 5.75 Å². The number of nitrogens with zero attached hydrogens (tertiary/aromatic N) is 1. The molecule has 1 aliphatic rings. The Bertz CT molecular complexity index is 484. The summed E-state index contributed by atoms with van der Waals surface area (Å²) in [6.45, 7) is 2.91. The fourth-order valence-corrected chi connectivity index (χ4v) is 3.70. The summed E-state index contributed by atoms with van der Waals surface area (Å²) >= 11 is 3.49. The summed E-state index contributed by atoms with van der Waals surface area (Å²) in [6.07, 6.45) is 6.24. The Labute approximate surface area is 135 Å². The van der Waals surface area contributed by atoms with Gasteiger partial charge in [0.25, 0.3) is 0 Å². The van der Waals surface area contributed by atoms with E-state index in [9.17, 15) is 4.79 Å². The Kier molecular flexibility index (Phi) is 6.09. The van der Waals surface area contributed by atoms with Gasteiger partial charge < -0.3 is 9.64 Å². The number of hydrogen-bond donors (Lipinski definition) is 0. The van der Waals surface area contributed by atoms with Gasteiger partial charge in [-0.05, 0) is 59.8 Å². The van der Waals surface area contributed by atoms with Crippen molar-refractivity contribution in [3.63, 3.8) is 0 Å². The molecule has 1 amide bonds. The zero-order chi connectivity index (χ0) is 15.2. The van der Waals surface area contributed by atoms with Gasteiger partial charge in [-0.3, -0.25) is 4.79 Å². The molecule has 1 aromatic rings. The van der Waals surface area contributed by atoms with Crippen molar-refractivity contribution in [1.29, 1.82) is 0 Å². The Morgan fingerprint density at radius 2 is 2.10 bits per heavy atom. The van der Waals surface area contributed by atoms with Gasteiger partial charge in [-0.2, -0.15) is 0 Å². The minimum atomic E-state index is 0.288. The molecule has 116 valence electrons. The maximum Gasteiger partial charge on any atom is 0.223 e. The normalized spacial score (nSPS) is 15.2. The van der Waals surface area contributed by atoms with E-state index in [1.165, 1.54) is 31.2 Å². The third-order valence-electron chi connectivity index (χ3n) is 4.27. The smallest absolute Gasteiger partial charge is 0.223 e. The van der Waals surface area contributed by atoms with Gasteiger partial charge in [0, 0.05) is 19.0 Å². The highest BCUT2D eigenvalue weighted by Crippen LogP contribution is 2.27. The number of rotatable bonds is 6. The van der Waals surface area contributed by atoms with E-state index in [-0.39, 0.29) is 5.91 Å². The molecule has 0 saturated heterocycles. The molecule has 0 bridgehead atoms. The second-order valence-corrected chi connectivity index (χ2v) is 6.44. The molecule has 1 fully saturated rings. The summed E-state index contributed by atoms with van der Waals surface area (Å²) < 4.78 is 6.17. The standard InChI is InChI=1S/C17H24BrNO2/c1-3-19(14-6-4-5-7-14)17(20)11-9-13-8-10-16(21-2)15(18)12-13/h8,10,12,14H,3-7,9,11H2,1-2H3. The number of benzene rings is 1. The Balaban J connectivity index is 1.91. The van der Waals surface area contributed by atoms with Crippen molar-refractivity contribution in [1.82, 2.24) is 4.90 Å². The predicted molar refractivity (Wildman–Crippen MR) is 88.7 cm³/mol. The van der Waals surface area contributed by atoms with Crippen molar-refractivity contribution in [2.45, 2.75) is 51.5 Å². The first kappa shape index (κ1) is 16.3. The zero-order valence-electron chi connectivity index (χ0n) is 12.9. The number of aryl methyl sites for hydroxylation is 1. The molecule has 0 radical (unpaired) electrons. The lowest BCUT2D eigenvalue weighted by atomic mass is 10.1. The summed E-state index contributed by atoms with van der Waals surface area (Å²) in [6, 6.07) is 6.49. The van der Waals surface area contributed by atoms with Crippen molar-refractivity contribution in [2.75, 3.05) is 13.7 Å². The second-order valence-electron chi connectivity index (χ2n) is 5.59. The number of methoxy groups -OCH3 is 1. The highest BCUT2D eigenvalue weighted by molar-refractivity contribution is 9.10. The van der Waals surface area contributed by atoms with Crippen molar-refractivity contribution >= 4 is 21.8 Å². The molecule has 0 unspecified atom stereocenters. The largest absolute Gasteiger partial charge is 0.496 e. The molecule has 3 nitrogen and oxygen atoms in total. The number of ether oxygens (including phenoxy) is 1. The van der Waals surface area contributed by atoms with Gasteiger partial charge in [0.2, 0.25) is 5.91 Å². The van der Waals surface area contributed by atoms with Gasteiger partial charge in [-0.15, -0.1) is 0 Å². The van der Waals surface area contributed by atoms with E-state index in [1.807, 2.05) is 18.2 Å². The van der Waals surface area contributed by atoms with Crippen molar-refractivity contribution in [3.05, 3.63) is 28.2 Å². The van der Waals surface area contributed by atoms with Crippen LogP contribution in [0.4, 0.5) is 0 Å². The molecule has 2 rings (SSSR count). The topological polar surface area (TPSA) is 29.5 Å². The first-order chi connectivity index (χ1) is 10.2. The van der Waals surface area contributed by atoms with Gasteiger partial charge in [0.05, 0.1) is 11.6 Å². The zero-order valence-corrected chi connectivity index (χ0v) is 14.5. The number of halogens is 1. The fourth-order valence-electron chi connectivity index (χ4n) is 3.11. The molecule has 0 spiro atoms. The molecule has 4 heteroatoms. The van der Waals surface area contributed by atoms with Gasteiger partial charge in [0.1, 0.15) is 5.75 Å². The molecule has 1 aromatic carbocycles.